The van der Waals surface area contributed by atoms with E-state index in [2.05, 4.69) is 5.32 Å². The van der Waals surface area contributed by atoms with Gasteiger partial charge in [0.15, 0.2) is 0 Å². The normalized spacial score (nSPS) is 10.1. The van der Waals surface area contributed by atoms with Crippen molar-refractivity contribution in [3.8, 4) is 0 Å². The number of primary amides is 1. The molecule has 3 N–H and O–H groups in total. The van der Waals surface area contributed by atoms with Crippen molar-refractivity contribution in [1.82, 2.24) is 0 Å². The van der Waals surface area contributed by atoms with Crippen LogP contribution in [0.1, 0.15) is 15.9 Å². The van der Waals surface area contributed by atoms with Gasteiger partial charge in [-0.15, -0.1) is 0 Å². The number of rotatable bonds is 5. The summed E-state index contributed by atoms with van der Waals surface area (Å²) >= 11 is 0. The summed E-state index contributed by atoms with van der Waals surface area (Å²) in [4.78, 5) is 25.1. The van der Waals surface area contributed by atoms with Crippen LogP contribution in [-0.2, 0) is 4.79 Å². The lowest BCUT2D eigenvalue weighted by Gasteiger charge is -2.18. The minimum Gasteiger partial charge on any atom is -0.376 e. The second-order valence-corrected chi connectivity index (χ2v) is 4.98. The molecule has 0 aliphatic carbocycles. The summed E-state index contributed by atoms with van der Waals surface area (Å²) in [6, 6.07) is 14.6. The van der Waals surface area contributed by atoms with E-state index < -0.39 is 5.91 Å². The van der Waals surface area contributed by atoms with Crippen molar-refractivity contribution >= 4 is 23.2 Å². The average molecular weight is 297 g/mol. The molecule has 0 aliphatic rings. The summed E-state index contributed by atoms with van der Waals surface area (Å²) < 4.78 is 0. The van der Waals surface area contributed by atoms with Crippen molar-refractivity contribution in [3.05, 3.63) is 59.7 Å². The Labute approximate surface area is 129 Å². The number of amides is 2. The summed E-state index contributed by atoms with van der Waals surface area (Å²) in [7, 11) is 1.73. The van der Waals surface area contributed by atoms with Crippen molar-refractivity contribution in [3.63, 3.8) is 0 Å². The molecular weight excluding hydrogens is 278 g/mol. The van der Waals surface area contributed by atoms with E-state index in [1.165, 1.54) is 0 Å². The molecule has 0 radical (unpaired) electrons. The van der Waals surface area contributed by atoms with Crippen molar-refractivity contribution in [1.29, 1.82) is 0 Å². The monoisotopic (exact) mass is 297 g/mol. The van der Waals surface area contributed by atoms with Gasteiger partial charge in [0.2, 0.25) is 11.8 Å². The second-order valence-electron chi connectivity index (χ2n) is 4.98. The van der Waals surface area contributed by atoms with Gasteiger partial charge in [-0.2, -0.15) is 0 Å². The molecule has 5 nitrogen and oxygen atoms in total. The molecule has 2 amide bonds. The van der Waals surface area contributed by atoms with Gasteiger partial charge in [-0.25, -0.2) is 0 Å². The Balaban J connectivity index is 2.06. The molecule has 0 atom stereocenters. The Kier molecular flexibility index (Phi) is 4.78. The van der Waals surface area contributed by atoms with Crippen LogP contribution in [0.5, 0.6) is 0 Å². The Bertz CT molecular complexity index is 684. The Morgan fingerprint density at radius 2 is 1.77 bits per heavy atom. The van der Waals surface area contributed by atoms with Crippen LogP contribution in [-0.4, -0.2) is 25.4 Å². The van der Waals surface area contributed by atoms with Gasteiger partial charge in [-0.05, 0) is 36.8 Å². The molecule has 22 heavy (non-hydrogen) atoms. The maximum absolute atomic E-state index is 12.2. The minimum atomic E-state index is -0.478. The van der Waals surface area contributed by atoms with Gasteiger partial charge in [0, 0.05) is 24.0 Å². The maximum Gasteiger partial charge on any atom is 0.249 e. The molecule has 0 heterocycles. The molecular formula is C17H19N3O2. The fourth-order valence-electron chi connectivity index (χ4n) is 2.18. The van der Waals surface area contributed by atoms with E-state index in [9.17, 15) is 9.59 Å². The standard InChI is InChI=1S/C17H19N3O2/c1-12-14(17(18)22)9-6-10-15(12)19-11-16(21)20(2)13-7-4-3-5-8-13/h3-10,19H,11H2,1-2H3,(H2,18,22). The number of nitrogens with two attached hydrogens (primary N) is 1. The lowest BCUT2D eigenvalue weighted by molar-refractivity contribution is -0.116. The first-order chi connectivity index (χ1) is 10.5. The molecule has 2 aromatic rings. The zero-order chi connectivity index (χ0) is 16.1. The van der Waals surface area contributed by atoms with Crippen LogP contribution in [0, 0.1) is 6.92 Å². The van der Waals surface area contributed by atoms with Gasteiger partial charge in [-0.1, -0.05) is 24.3 Å². The van der Waals surface area contributed by atoms with Gasteiger partial charge in [-0.3, -0.25) is 9.59 Å². The van der Waals surface area contributed by atoms with Crippen LogP contribution in [0.3, 0.4) is 0 Å². The van der Waals surface area contributed by atoms with E-state index >= 15 is 0 Å². The summed E-state index contributed by atoms with van der Waals surface area (Å²) in [6.07, 6.45) is 0. The van der Waals surface area contributed by atoms with Crippen molar-refractivity contribution in [2.45, 2.75) is 6.92 Å². The SMILES string of the molecule is Cc1c(NCC(=O)N(C)c2ccccc2)cccc1C(N)=O. The van der Waals surface area contributed by atoms with Crippen molar-refractivity contribution in [2.75, 3.05) is 23.8 Å². The minimum absolute atomic E-state index is 0.0740. The molecule has 0 spiro atoms. The second kappa shape index (κ2) is 6.76. The number of nitrogens with one attached hydrogen (secondary N) is 1. The van der Waals surface area contributed by atoms with E-state index in [1.807, 2.05) is 36.4 Å². The number of para-hydroxylation sites is 1. The van der Waals surface area contributed by atoms with Crippen LogP contribution in [0.4, 0.5) is 11.4 Å². The van der Waals surface area contributed by atoms with Crippen LogP contribution in [0.25, 0.3) is 0 Å². The zero-order valence-corrected chi connectivity index (χ0v) is 12.7. The highest BCUT2D eigenvalue weighted by Gasteiger charge is 2.12. The van der Waals surface area contributed by atoms with Crippen LogP contribution < -0.4 is 16.0 Å². The molecule has 0 aromatic heterocycles. The molecule has 0 bridgehead atoms. The lowest BCUT2D eigenvalue weighted by Crippen LogP contribution is -2.32. The first kappa shape index (κ1) is 15.6. The fourth-order valence-corrected chi connectivity index (χ4v) is 2.18. The third kappa shape index (κ3) is 3.44. The summed E-state index contributed by atoms with van der Waals surface area (Å²) in [6.45, 7) is 1.93. The van der Waals surface area contributed by atoms with Crippen molar-refractivity contribution in [2.24, 2.45) is 5.73 Å². The Morgan fingerprint density at radius 3 is 2.41 bits per heavy atom. The molecule has 114 valence electrons. The first-order valence-electron chi connectivity index (χ1n) is 6.95. The van der Waals surface area contributed by atoms with E-state index in [0.29, 0.717) is 5.56 Å². The summed E-state index contributed by atoms with van der Waals surface area (Å²) in [5.74, 6) is -0.552. The number of hydrogen-bond donors (Lipinski definition) is 2. The number of carbonyl (C=O) groups is 2. The van der Waals surface area contributed by atoms with Gasteiger partial charge >= 0.3 is 0 Å². The van der Waals surface area contributed by atoms with E-state index in [0.717, 1.165) is 16.9 Å². The number of hydrogen-bond acceptors (Lipinski definition) is 3. The first-order valence-corrected chi connectivity index (χ1v) is 6.95. The van der Waals surface area contributed by atoms with Crippen LogP contribution in [0.2, 0.25) is 0 Å². The number of likely N-dealkylation sites (N-methyl/N-ethyl adjacent to an activating group) is 1. The third-order valence-corrected chi connectivity index (χ3v) is 3.55. The molecule has 0 aliphatic heterocycles. The summed E-state index contributed by atoms with van der Waals surface area (Å²) in [5.41, 5.74) is 8.07. The number of anilines is 2. The fraction of sp³-hybridized carbons (Fsp3) is 0.176. The highest BCUT2D eigenvalue weighted by molar-refractivity contribution is 5.97. The molecule has 0 fully saturated rings. The molecule has 2 aromatic carbocycles. The van der Waals surface area contributed by atoms with Gasteiger partial charge < -0.3 is 16.0 Å². The number of nitrogens with zero attached hydrogens (tertiary/aromatic N) is 1. The number of carbonyl (C=O) groups excluding carboxylic acids is 2. The van der Waals surface area contributed by atoms with E-state index in [4.69, 9.17) is 5.73 Å². The van der Waals surface area contributed by atoms with Gasteiger partial charge in [0.1, 0.15) is 0 Å². The van der Waals surface area contributed by atoms with Crippen LogP contribution >= 0.6 is 0 Å². The summed E-state index contributed by atoms with van der Waals surface area (Å²) in [5, 5.41) is 3.06. The quantitative estimate of drug-likeness (QED) is 0.888. The Hall–Kier alpha value is -2.82. The predicted molar refractivity (Wildman–Crippen MR) is 88.0 cm³/mol. The highest BCUT2D eigenvalue weighted by atomic mass is 16.2. The van der Waals surface area contributed by atoms with Crippen LogP contribution in [0.15, 0.2) is 48.5 Å². The lowest BCUT2D eigenvalue weighted by atomic mass is 10.1. The predicted octanol–water partition coefficient (Wildman–Crippen LogP) is 2.17. The maximum atomic E-state index is 12.2. The van der Waals surface area contributed by atoms with E-state index in [-0.39, 0.29) is 12.5 Å². The largest absolute Gasteiger partial charge is 0.376 e. The molecule has 0 saturated carbocycles. The molecule has 5 heteroatoms. The topological polar surface area (TPSA) is 75.4 Å². The smallest absolute Gasteiger partial charge is 0.249 e. The van der Waals surface area contributed by atoms with Gasteiger partial charge in [0.25, 0.3) is 0 Å². The van der Waals surface area contributed by atoms with E-state index in [1.54, 1.807) is 31.0 Å². The molecule has 0 saturated heterocycles. The number of benzene rings is 2. The Morgan fingerprint density at radius 1 is 1.09 bits per heavy atom. The average Bonchev–Trinajstić information content (AvgIpc) is 2.53. The highest BCUT2D eigenvalue weighted by Crippen LogP contribution is 2.18. The van der Waals surface area contributed by atoms with Crippen molar-refractivity contribution < 1.29 is 9.59 Å². The molecule has 2 rings (SSSR count). The zero-order valence-electron chi connectivity index (χ0n) is 12.7. The third-order valence-electron chi connectivity index (χ3n) is 3.55. The van der Waals surface area contributed by atoms with Gasteiger partial charge in [0.05, 0.1) is 6.54 Å². The molecule has 0 unspecified atom stereocenters.